The van der Waals surface area contributed by atoms with E-state index in [2.05, 4.69) is 40.2 Å². The normalized spacial score (nSPS) is 20.2. The van der Waals surface area contributed by atoms with Crippen LogP contribution in [0.1, 0.15) is 54.6 Å². The molecule has 1 aromatic heterocycles. The van der Waals surface area contributed by atoms with Gasteiger partial charge in [0.25, 0.3) is 11.8 Å². The number of hydrogen-bond donors (Lipinski definition) is 2. The average Bonchev–Trinajstić information content (AvgIpc) is 3.36. The molecular weight excluding hydrogens is 546 g/mol. The molecule has 2 heterocycles. The lowest BCUT2D eigenvalue weighted by molar-refractivity contribution is -0.129. The number of nitriles is 1. The van der Waals surface area contributed by atoms with Gasteiger partial charge in [-0.25, -0.2) is 0 Å². The van der Waals surface area contributed by atoms with Crippen LogP contribution in [0.2, 0.25) is 0 Å². The highest BCUT2D eigenvalue weighted by Gasteiger charge is 2.51. The maximum Gasteiger partial charge on any atom is 0.287 e. The van der Waals surface area contributed by atoms with Crippen LogP contribution in [0.5, 0.6) is 0 Å². The minimum Gasteiger partial charge on any atom is -0.467 e. The number of nitrogens with one attached hydrogen (secondary N) is 2. The smallest absolute Gasteiger partial charge is 0.287 e. The van der Waals surface area contributed by atoms with E-state index in [0.717, 1.165) is 22.1 Å². The van der Waals surface area contributed by atoms with Crippen molar-refractivity contribution >= 4 is 53.1 Å². The van der Waals surface area contributed by atoms with E-state index in [0.29, 0.717) is 50.0 Å². The van der Waals surface area contributed by atoms with Gasteiger partial charge in [-0.2, -0.15) is 10.3 Å². The number of nitrogens with zero attached hydrogens (tertiary/aromatic N) is 2. The van der Waals surface area contributed by atoms with Gasteiger partial charge < -0.3 is 19.8 Å². The Morgan fingerprint density at radius 2 is 1.57 bits per heavy atom. The second-order valence-electron chi connectivity index (χ2n) is 11.0. The fraction of sp³-hybridized carbons (Fsp3) is 0.345. The van der Waals surface area contributed by atoms with Gasteiger partial charge in [0.05, 0.1) is 6.07 Å². The Hall–Kier alpha value is -3.59. The molecule has 11 heteroatoms. The van der Waals surface area contributed by atoms with Gasteiger partial charge in [0.2, 0.25) is 11.8 Å². The summed E-state index contributed by atoms with van der Waals surface area (Å²) in [5.41, 5.74) is 1.12. The predicted octanol–water partition coefficient (Wildman–Crippen LogP) is 4.06. The van der Waals surface area contributed by atoms with Crippen molar-refractivity contribution in [1.29, 1.82) is 5.26 Å². The van der Waals surface area contributed by atoms with Crippen molar-refractivity contribution in [2.75, 3.05) is 6.61 Å². The van der Waals surface area contributed by atoms with Gasteiger partial charge in [0.15, 0.2) is 12.4 Å². The highest BCUT2D eigenvalue weighted by Crippen LogP contribution is 2.46. The summed E-state index contributed by atoms with van der Waals surface area (Å²) in [5.74, 6) is -0.644. The summed E-state index contributed by atoms with van der Waals surface area (Å²) in [5, 5.41) is 16.1. The first kappa shape index (κ1) is 26.6. The van der Waals surface area contributed by atoms with E-state index in [1.165, 1.54) is 0 Å². The zero-order chi connectivity index (χ0) is 28.1. The SMILES string of the molecule is N#CC1(NC(=O)C2(NC(=O)c3cc4ccc(-c5ccc(C6=NC(=O)CO6)cc5)cc4o3)CCC(P)(P)CC2)CC1. The number of ether oxygens (including phenoxy) is 1. The molecule has 2 aliphatic carbocycles. The molecule has 2 saturated carbocycles. The fourth-order valence-corrected chi connectivity index (χ4v) is 5.72. The summed E-state index contributed by atoms with van der Waals surface area (Å²) in [6.45, 7) is -0.0370. The second-order valence-corrected chi connectivity index (χ2v) is 13.9. The van der Waals surface area contributed by atoms with Crippen LogP contribution in [0.3, 0.4) is 0 Å². The van der Waals surface area contributed by atoms with Crippen molar-refractivity contribution in [3.05, 3.63) is 59.9 Å². The van der Waals surface area contributed by atoms with E-state index in [9.17, 15) is 19.6 Å². The largest absolute Gasteiger partial charge is 0.467 e. The van der Waals surface area contributed by atoms with Crippen molar-refractivity contribution < 1.29 is 23.5 Å². The Morgan fingerprint density at radius 1 is 0.900 bits per heavy atom. The van der Waals surface area contributed by atoms with Crippen LogP contribution in [-0.4, -0.2) is 46.2 Å². The molecular formula is C29H28N4O5P2. The Bertz CT molecular complexity index is 1610. The number of carbonyl (C=O) groups is 3. The standard InChI is InChI=1S/C29H28N4O5P2/c30-16-27(7-8-27)33-26(36)28(9-11-29(39,40)12-10-28)32-24(35)22-14-20-6-5-19(13-21(20)38-22)17-1-3-18(4-2-17)25-31-23(34)15-37-25/h1-6,13-14H,7-12,15,39-40H2,(H,32,35)(H,33,36). The fourth-order valence-electron chi connectivity index (χ4n) is 5.14. The first-order chi connectivity index (χ1) is 19.1. The Labute approximate surface area is 235 Å². The maximum atomic E-state index is 13.5. The van der Waals surface area contributed by atoms with Gasteiger partial charge in [-0.15, -0.1) is 18.5 Å². The predicted molar refractivity (Wildman–Crippen MR) is 156 cm³/mol. The van der Waals surface area contributed by atoms with Gasteiger partial charge in [0.1, 0.15) is 16.7 Å². The molecule has 3 aromatic rings. The maximum absolute atomic E-state index is 13.5. The molecule has 0 saturated heterocycles. The highest BCUT2D eigenvalue weighted by atomic mass is 31.1. The molecule has 1 aliphatic heterocycles. The van der Waals surface area contributed by atoms with E-state index >= 15 is 0 Å². The minimum atomic E-state index is -1.12. The number of aliphatic imine (C=N–C) groups is 1. The van der Waals surface area contributed by atoms with E-state index in [4.69, 9.17) is 9.15 Å². The zero-order valence-corrected chi connectivity index (χ0v) is 24.0. The van der Waals surface area contributed by atoms with E-state index in [-0.39, 0.29) is 29.1 Å². The van der Waals surface area contributed by atoms with Crippen LogP contribution < -0.4 is 10.6 Å². The lowest BCUT2D eigenvalue weighted by atomic mass is 9.79. The van der Waals surface area contributed by atoms with Crippen LogP contribution in [0.15, 0.2) is 57.9 Å². The molecule has 9 nitrogen and oxygen atoms in total. The Kier molecular flexibility index (Phi) is 6.52. The molecule has 0 spiro atoms. The number of furan rings is 1. The molecule has 2 N–H and O–H groups in total. The molecule has 2 atom stereocenters. The van der Waals surface area contributed by atoms with Gasteiger partial charge in [0, 0.05) is 10.9 Å². The molecule has 3 aliphatic rings. The molecule has 6 rings (SSSR count). The number of benzene rings is 2. The van der Waals surface area contributed by atoms with Crippen molar-refractivity contribution in [2.45, 2.75) is 54.5 Å². The Balaban J connectivity index is 1.22. The van der Waals surface area contributed by atoms with Crippen molar-refractivity contribution in [3.63, 3.8) is 0 Å². The van der Waals surface area contributed by atoms with Crippen LogP contribution in [0.4, 0.5) is 0 Å². The topological polar surface area (TPSA) is 134 Å². The number of amides is 3. The average molecular weight is 575 g/mol. The molecule has 204 valence electrons. The van der Waals surface area contributed by atoms with Gasteiger partial charge in [-0.3, -0.25) is 14.4 Å². The summed E-state index contributed by atoms with van der Waals surface area (Å²) in [6, 6.07) is 17.0. The zero-order valence-electron chi connectivity index (χ0n) is 21.7. The van der Waals surface area contributed by atoms with Gasteiger partial charge in [-0.1, -0.05) is 24.3 Å². The molecule has 0 bridgehead atoms. The Morgan fingerprint density at radius 3 is 2.20 bits per heavy atom. The van der Waals surface area contributed by atoms with Crippen LogP contribution in [-0.2, 0) is 14.3 Å². The number of fused-ring (bicyclic) bond motifs is 1. The summed E-state index contributed by atoms with van der Waals surface area (Å²) in [4.78, 5) is 42.0. The monoisotopic (exact) mass is 574 g/mol. The third-order valence-corrected chi connectivity index (χ3v) is 9.06. The van der Waals surface area contributed by atoms with Gasteiger partial charge in [-0.05, 0) is 78.8 Å². The quantitative estimate of drug-likeness (QED) is 0.427. The first-order valence-corrected chi connectivity index (χ1v) is 14.3. The summed E-state index contributed by atoms with van der Waals surface area (Å²) in [7, 11) is 5.64. The summed E-state index contributed by atoms with van der Waals surface area (Å²) < 4.78 is 11.3. The van der Waals surface area contributed by atoms with Crippen LogP contribution in [0.25, 0.3) is 22.1 Å². The number of hydrogen-bond acceptors (Lipinski definition) is 6. The van der Waals surface area contributed by atoms with Crippen LogP contribution >= 0.6 is 18.5 Å². The molecule has 0 radical (unpaired) electrons. The first-order valence-electron chi connectivity index (χ1n) is 13.1. The molecule has 3 amide bonds. The lowest BCUT2D eigenvalue weighted by Gasteiger charge is -2.42. The third-order valence-electron chi connectivity index (χ3n) is 7.91. The summed E-state index contributed by atoms with van der Waals surface area (Å²) in [6.07, 6.45) is 3.54. The molecule has 2 unspecified atom stereocenters. The van der Waals surface area contributed by atoms with E-state index in [1.54, 1.807) is 6.07 Å². The minimum absolute atomic E-state index is 0.0370. The van der Waals surface area contributed by atoms with E-state index in [1.807, 2.05) is 42.5 Å². The van der Waals surface area contributed by atoms with Crippen molar-refractivity contribution in [2.24, 2.45) is 4.99 Å². The number of carbonyl (C=O) groups excluding carboxylic acids is 3. The van der Waals surface area contributed by atoms with Crippen molar-refractivity contribution in [3.8, 4) is 17.2 Å². The van der Waals surface area contributed by atoms with Gasteiger partial charge >= 0.3 is 0 Å². The van der Waals surface area contributed by atoms with Crippen LogP contribution in [0, 0.1) is 11.3 Å². The number of rotatable bonds is 6. The van der Waals surface area contributed by atoms with Crippen molar-refractivity contribution in [1.82, 2.24) is 10.6 Å². The molecule has 40 heavy (non-hydrogen) atoms. The lowest BCUT2D eigenvalue weighted by Crippen LogP contribution is -2.62. The third kappa shape index (κ3) is 5.14. The molecule has 2 aromatic carbocycles. The molecule has 2 fully saturated rings. The summed E-state index contributed by atoms with van der Waals surface area (Å²) >= 11 is 0. The second kappa shape index (κ2) is 9.80. The van der Waals surface area contributed by atoms with E-state index < -0.39 is 17.0 Å². The highest BCUT2D eigenvalue weighted by molar-refractivity contribution is 7.39.